The van der Waals surface area contributed by atoms with Gasteiger partial charge in [0.1, 0.15) is 5.25 Å². The number of benzene rings is 1. The molecule has 0 aliphatic carbocycles. The van der Waals surface area contributed by atoms with Crippen molar-refractivity contribution in [2.24, 2.45) is 0 Å². The number of nitrogen functional groups attached to an aromatic ring is 1. The van der Waals surface area contributed by atoms with E-state index in [1.807, 2.05) is 6.92 Å². The summed E-state index contributed by atoms with van der Waals surface area (Å²) in [5.41, 5.74) is 7.93. The highest BCUT2D eigenvalue weighted by molar-refractivity contribution is 7.86. The van der Waals surface area contributed by atoms with E-state index in [1.165, 1.54) is 0 Å². The topological polar surface area (TPSA) is 81.4 Å². The van der Waals surface area contributed by atoms with Crippen LogP contribution >= 0.6 is 0 Å². The molecule has 0 aromatic heterocycles. The Labute approximate surface area is 127 Å². The van der Waals surface area contributed by atoms with Gasteiger partial charge in [0.2, 0.25) is 5.91 Å². The van der Waals surface area contributed by atoms with Crippen molar-refractivity contribution in [1.82, 2.24) is 0 Å². The summed E-state index contributed by atoms with van der Waals surface area (Å²) in [4.78, 5) is 12.2. The van der Waals surface area contributed by atoms with Gasteiger partial charge in [-0.2, -0.15) is 0 Å². The summed E-state index contributed by atoms with van der Waals surface area (Å²) in [6.45, 7) is 4.29. The molecule has 3 N–H and O–H groups in total. The first-order chi connectivity index (χ1) is 9.97. The first-order valence-corrected chi connectivity index (χ1v) is 8.51. The predicted molar refractivity (Wildman–Crippen MR) is 85.7 cm³/mol. The third-order valence-electron chi connectivity index (χ3n) is 3.65. The molecule has 0 bridgehead atoms. The number of carbonyl (C=O) groups is 1. The largest absolute Gasteiger partial charge is 0.399 e. The van der Waals surface area contributed by atoms with Crippen LogP contribution in [0.25, 0.3) is 0 Å². The molecule has 5 nitrogen and oxygen atoms in total. The molecule has 116 valence electrons. The van der Waals surface area contributed by atoms with Crippen LogP contribution in [0, 0.1) is 6.92 Å². The molecule has 0 radical (unpaired) electrons. The number of nitrogens with one attached hydrogen (secondary N) is 1. The Morgan fingerprint density at radius 3 is 2.95 bits per heavy atom. The fraction of sp³-hybridized carbons (Fsp3) is 0.533. The van der Waals surface area contributed by atoms with Crippen molar-refractivity contribution < 1.29 is 13.7 Å². The lowest BCUT2D eigenvalue weighted by atomic mass is 10.2. The lowest BCUT2D eigenvalue weighted by Gasteiger charge is -2.16. The van der Waals surface area contributed by atoms with Crippen molar-refractivity contribution in [2.75, 3.05) is 23.4 Å². The molecule has 1 heterocycles. The third kappa shape index (κ3) is 4.28. The van der Waals surface area contributed by atoms with Gasteiger partial charge in [0, 0.05) is 28.8 Å². The number of hydrogen-bond acceptors (Lipinski definition) is 4. The summed E-state index contributed by atoms with van der Waals surface area (Å²) in [7, 11) is -1.23. The maximum Gasteiger partial charge on any atom is 0.239 e. The summed E-state index contributed by atoms with van der Waals surface area (Å²) in [6, 6.07) is 5.29. The quantitative estimate of drug-likeness (QED) is 0.813. The fourth-order valence-corrected chi connectivity index (χ4v) is 3.50. The Morgan fingerprint density at radius 1 is 1.57 bits per heavy atom. The van der Waals surface area contributed by atoms with Crippen LogP contribution in [0.1, 0.15) is 25.3 Å². The molecule has 1 aromatic rings. The smallest absolute Gasteiger partial charge is 0.239 e. The van der Waals surface area contributed by atoms with E-state index in [0.29, 0.717) is 17.1 Å². The summed E-state index contributed by atoms with van der Waals surface area (Å²) >= 11 is 0. The number of amides is 1. The Morgan fingerprint density at radius 2 is 2.33 bits per heavy atom. The molecule has 6 heteroatoms. The number of carbonyl (C=O) groups excluding carboxylic acids is 1. The first-order valence-electron chi connectivity index (χ1n) is 7.13. The number of aryl methyl sites for hydroxylation is 1. The van der Waals surface area contributed by atoms with Gasteiger partial charge in [-0.1, -0.05) is 0 Å². The van der Waals surface area contributed by atoms with Crippen LogP contribution in [0.2, 0.25) is 0 Å². The molecule has 1 aliphatic rings. The van der Waals surface area contributed by atoms with Crippen molar-refractivity contribution in [3.63, 3.8) is 0 Å². The molecule has 3 atom stereocenters. The van der Waals surface area contributed by atoms with Crippen LogP contribution in [-0.4, -0.2) is 33.8 Å². The average molecular weight is 310 g/mol. The van der Waals surface area contributed by atoms with Crippen LogP contribution in [0.15, 0.2) is 18.2 Å². The van der Waals surface area contributed by atoms with Crippen molar-refractivity contribution in [1.29, 1.82) is 0 Å². The standard InChI is InChI=1S/C15H22N2O3S/c1-10-8-12(16)5-6-14(10)17-15(18)11(2)21(19)9-13-4-3-7-20-13/h5-6,8,11,13H,3-4,7,9,16H2,1-2H3,(H,17,18). The van der Waals surface area contributed by atoms with Crippen molar-refractivity contribution in [3.05, 3.63) is 23.8 Å². The van der Waals surface area contributed by atoms with Gasteiger partial charge >= 0.3 is 0 Å². The highest BCUT2D eigenvalue weighted by Crippen LogP contribution is 2.19. The zero-order valence-electron chi connectivity index (χ0n) is 12.4. The number of anilines is 2. The highest BCUT2D eigenvalue weighted by Gasteiger charge is 2.25. The SMILES string of the molecule is Cc1cc(N)ccc1NC(=O)C(C)S(=O)CC1CCCO1. The molecule has 1 fully saturated rings. The minimum atomic E-state index is -1.23. The first kappa shape index (κ1) is 16.0. The Bertz CT molecular complexity index is 542. The lowest BCUT2D eigenvalue weighted by molar-refractivity contribution is -0.115. The number of ether oxygens (including phenoxy) is 1. The number of rotatable bonds is 5. The maximum absolute atomic E-state index is 12.2. The summed E-state index contributed by atoms with van der Waals surface area (Å²) < 4.78 is 17.7. The molecule has 0 spiro atoms. The minimum absolute atomic E-state index is 0.0272. The number of hydrogen-bond donors (Lipinski definition) is 2. The monoisotopic (exact) mass is 310 g/mol. The van der Waals surface area contributed by atoms with Gasteiger partial charge in [-0.15, -0.1) is 0 Å². The third-order valence-corrected chi connectivity index (χ3v) is 5.35. The fourth-order valence-electron chi connectivity index (χ4n) is 2.28. The van der Waals surface area contributed by atoms with E-state index in [9.17, 15) is 9.00 Å². The van der Waals surface area contributed by atoms with Crippen LogP contribution in [0.3, 0.4) is 0 Å². The molecular weight excluding hydrogens is 288 g/mol. The second kappa shape index (κ2) is 7.04. The van der Waals surface area contributed by atoms with Crippen LogP contribution in [0.4, 0.5) is 11.4 Å². The lowest BCUT2D eigenvalue weighted by Crippen LogP contribution is -2.33. The predicted octanol–water partition coefficient (Wildman–Crippen LogP) is 1.83. The van der Waals surface area contributed by atoms with Gasteiger partial charge in [-0.25, -0.2) is 0 Å². The van der Waals surface area contributed by atoms with E-state index in [1.54, 1.807) is 25.1 Å². The molecule has 1 amide bonds. The van der Waals surface area contributed by atoms with Crippen LogP contribution < -0.4 is 11.1 Å². The van der Waals surface area contributed by atoms with E-state index < -0.39 is 16.0 Å². The Balaban J connectivity index is 1.93. The van der Waals surface area contributed by atoms with Gasteiger partial charge in [0.25, 0.3) is 0 Å². The van der Waals surface area contributed by atoms with Crippen molar-refractivity contribution in [3.8, 4) is 0 Å². The van der Waals surface area contributed by atoms with E-state index in [-0.39, 0.29) is 12.0 Å². The van der Waals surface area contributed by atoms with E-state index in [2.05, 4.69) is 5.32 Å². The molecule has 2 rings (SSSR count). The van der Waals surface area contributed by atoms with Gasteiger partial charge in [-0.05, 0) is 50.5 Å². The van der Waals surface area contributed by atoms with E-state index in [0.717, 1.165) is 25.0 Å². The molecule has 3 unspecified atom stereocenters. The Kier molecular flexibility index (Phi) is 5.36. The summed E-state index contributed by atoms with van der Waals surface area (Å²) in [5, 5.41) is 2.25. The average Bonchev–Trinajstić information content (AvgIpc) is 2.93. The van der Waals surface area contributed by atoms with E-state index in [4.69, 9.17) is 10.5 Å². The summed E-state index contributed by atoms with van der Waals surface area (Å²) in [6.07, 6.45) is 1.96. The molecular formula is C15H22N2O3S. The zero-order chi connectivity index (χ0) is 15.4. The molecule has 1 aliphatic heterocycles. The van der Waals surface area contributed by atoms with E-state index >= 15 is 0 Å². The van der Waals surface area contributed by atoms with Crippen LogP contribution in [-0.2, 0) is 20.3 Å². The zero-order valence-corrected chi connectivity index (χ0v) is 13.2. The summed E-state index contributed by atoms with van der Waals surface area (Å²) in [5.74, 6) is 0.189. The highest BCUT2D eigenvalue weighted by atomic mass is 32.2. The maximum atomic E-state index is 12.2. The normalized spacial score (nSPS) is 21.0. The second-order valence-electron chi connectivity index (χ2n) is 5.39. The molecule has 0 saturated carbocycles. The van der Waals surface area contributed by atoms with Crippen molar-refractivity contribution >= 4 is 28.1 Å². The number of nitrogens with two attached hydrogens (primary N) is 1. The van der Waals surface area contributed by atoms with Crippen LogP contribution in [0.5, 0.6) is 0 Å². The minimum Gasteiger partial charge on any atom is -0.399 e. The van der Waals surface area contributed by atoms with Gasteiger partial charge < -0.3 is 15.8 Å². The second-order valence-corrected chi connectivity index (χ2v) is 7.19. The van der Waals surface area contributed by atoms with Gasteiger partial charge in [0.15, 0.2) is 0 Å². The molecule has 21 heavy (non-hydrogen) atoms. The van der Waals surface area contributed by atoms with Gasteiger partial charge in [-0.3, -0.25) is 9.00 Å². The van der Waals surface area contributed by atoms with Crippen molar-refractivity contribution in [2.45, 2.75) is 38.0 Å². The van der Waals surface area contributed by atoms with Gasteiger partial charge in [0.05, 0.1) is 11.9 Å². The molecule has 1 saturated heterocycles. The Hall–Kier alpha value is -1.40. The molecule has 1 aromatic carbocycles.